The Morgan fingerprint density at radius 3 is 2.82 bits per heavy atom. The topological polar surface area (TPSA) is 49.4 Å². The quantitative estimate of drug-likeness (QED) is 0.865. The van der Waals surface area contributed by atoms with E-state index in [2.05, 4.69) is 21.2 Å². The molecule has 1 aliphatic heterocycles. The smallest absolute Gasteiger partial charge is 0.293 e. The van der Waals surface area contributed by atoms with Crippen molar-refractivity contribution in [2.45, 2.75) is 6.92 Å². The van der Waals surface area contributed by atoms with Crippen LogP contribution in [0.1, 0.15) is 6.92 Å². The van der Waals surface area contributed by atoms with Crippen molar-refractivity contribution in [1.29, 1.82) is 0 Å². The molecule has 0 aromatic heterocycles. The summed E-state index contributed by atoms with van der Waals surface area (Å²) in [6, 6.07) is 3.81. The number of rotatable bonds is 1. The molecule has 0 aliphatic carbocycles. The second-order valence-corrected chi connectivity index (χ2v) is 4.76. The number of carbonyl (C=O) groups is 2. The van der Waals surface area contributed by atoms with Crippen LogP contribution in [-0.2, 0) is 4.79 Å². The minimum absolute atomic E-state index is 0.281. The van der Waals surface area contributed by atoms with Crippen molar-refractivity contribution >= 4 is 33.6 Å². The largest absolute Gasteiger partial charge is 0.328 e. The molecule has 1 atom stereocenters. The lowest BCUT2D eigenvalue weighted by atomic mass is 10.1. The molecule has 1 unspecified atom stereocenters. The summed E-state index contributed by atoms with van der Waals surface area (Å²) < 4.78 is 13.4. The zero-order valence-electron chi connectivity index (χ0n) is 9.04. The zero-order valence-corrected chi connectivity index (χ0v) is 10.6. The maximum atomic E-state index is 13.1. The predicted octanol–water partition coefficient (Wildman–Crippen LogP) is 2.28. The highest BCUT2D eigenvalue weighted by Crippen LogP contribution is 2.25. The van der Waals surface area contributed by atoms with Gasteiger partial charge in [0, 0.05) is 12.2 Å². The van der Waals surface area contributed by atoms with Crippen molar-refractivity contribution in [3.63, 3.8) is 0 Å². The summed E-state index contributed by atoms with van der Waals surface area (Å²) in [5.74, 6) is -0.959. The highest BCUT2D eigenvalue weighted by atomic mass is 79.9. The van der Waals surface area contributed by atoms with Crippen LogP contribution in [-0.4, -0.2) is 18.5 Å². The molecule has 0 bridgehead atoms. The van der Waals surface area contributed by atoms with Gasteiger partial charge in [-0.1, -0.05) is 6.92 Å². The van der Waals surface area contributed by atoms with Crippen molar-refractivity contribution in [3.8, 4) is 0 Å². The molecule has 0 saturated carbocycles. The Kier molecular flexibility index (Phi) is 3.15. The van der Waals surface area contributed by atoms with E-state index in [1.165, 1.54) is 23.1 Å². The van der Waals surface area contributed by atoms with E-state index in [4.69, 9.17) is 0 Å². The molecule has 17 heavy (non-hydrogen) atoms. The molecular formula is C11H10BrFN2O2. The standard InChI is InChI=1S/C11H10BrFN2O2/c1-6-5-15(11(17)14-10(6)16)7-2-3-9(13)8(12)4-7/h2-4,6H,5H2,1H3,(H,14,16,17). The van der Waals surface area contributed by atoms with Crippen LogP contribution >= 0.6 is 15.9 Å². The van der Waals surface area contributed by atoms with Gasteiger partial charge in [-0.3, -0.25) is 15.0 Å². The lowest BCUT2D eigenvalue weighted by molar-refractivity contribution is -0.123. The Bertz CT molecular complexity index is 492. The summed E-state index contributed by atoms with van der Waals surface area (Å²) in [5, 5.41) is 2.25. The molecule has 1 aromatic rings. The van der Waals surface area contributed by atoms with Crippen molar-refractivity contribution in [2.24, 2.45) is 5.92 Å². The van der Waals surface area contributed by atoms with Gasteiger partial charge >= 0.3 is 6.03 Å². The van der Waals surface area contributed by atoms with Crippen molar-refractivity contribution in [1.82, 2.24) is 5.32 Å². The highest BCUT2D eigenvalue weighted by Gasteiger charge is 2.30. The summed E-state index contributed by atoms with van der Waals surface area (Å²) >= 11 is 3.06. The number of imide groups is 1. The molecule has 1 fully saturated rings. The van der Waals surface area contributed by atoms with Crippen LogP contribution in [0.3, 0.4) is 0 Å². The third kappa shape index (κ3) is 2.31. The molecule has 1 aromatic carbocycles. The number of nitrogens with zero attached hydrogens (tertiary/aromatic N) is 1. The van der Waals surface area contributed by atoms with E-state index >= 15 is 0 Å². The first-order chi connectivity index (χ1) is 7.99. The maximum Gasteiger partial charge on any atom is 0.328 e. The molecule has 6 heteroatoms. The Morgan fingerprint density at radius 2 is 2.18 bits per heavy atom. The molecule has 0 radical (unpaired) electrons. The number of nitrogens with one attached hydrogen (secondary N) is 1. The number of urea groups is 1. The fraction of sp³-hybridized carbons (Fsp3) is 0.273. The van der Waals surface area contributed by atoms with Gasteiger partial charge in [0.05, 0.1) is 10.4 Å². The van der Waals surface area contributed by atoms with E-state index in [9.17, 15) is 14.0 Å². The van der Waals surface area contributed by atoms with Gasteiger partial charge in [0.2, 0.25) is 5.91 Å². The van der Waals surface area contributed by atoms with Gasteiger partial charge in [0.25, 0.3) is 0 Å². The lowest BCUT2D eigenvalue weighted by Crippen LogP contribution is -2.53. The van der Waals surface area contributed by atoms with Crippen LogP contribution in [0.4, 0.5) is 14.9 Å². The molecule has 2 rings (SSSR count). The molecule has 1 heterocycles. The first kappa shape index (κ1) is 12.0. The van der Waals surface area contributed by atoms with Gasteiger partial charge in [-0.25, -0.2) is 9.18 Å². The van der Waals surface area contributed by atoms with Crippen LogP contribution in [0.15, 0.2) is 22.7 Å². The summed E-state index contributed by atoms with van der Waals surface area (Å²) in [6.45, 7) is 2.02. The minimum atomic E-state index is -0.480. The van der Waals surface area contributed by atoms with Crippen LogP contribution < -0.4 is 10.2 Å². The highest BCUT2D eigenvalue weighted by molar-refractivity contribution is 9.10. The maximum absolute atomic E-state index is 13.1. The van der Waals surface area contributed by atoms with Gasteiger partial charge in [-0.05, 0) is 34.1 Å². The summed E-state index contributed by atoms with van der Waals surface area (Å²) in [4.78, 5) is 24.3. The van der Waals surface area contributed by atoms with E-state index < -0.39 is 11.8 Å². The third-order valence-electron chi connectivity index (χ3n) is 2.59. The average Bonchev–Trinajstić information content (AvgIpc) is 2.27. The molecule has 1 aliphatic rings. The summed E-state index contributed by atoms with van der Waals surface area (Å²) in [6.07, 6.45) is 0. The van der Waals surface area contributed by atoms with Crippen molar-refractivity contribution < 1.29 is 14.0 Å². The van der Waals surface area contributed by atoms with E-state index in [1.807, 2.05) is 0 Å². The van der Waals surface area contributed by atoms with Gasteiger partial charge in [0.1, 0.15) is 5.82 Å². The molecule has 0 spiro atoms. The number of benzene rings is 1. The molecule has 1 N–H and O–H groups in total. The lowest BCUT2D eigenvalue weighted by Gasteiger charge is -2.30. The molecule has 1 saturated heterocycles. The number of halogens is 2. The van der Waals surface area contributed by atoms with Gasteiger partial charge in [0.15, 0.2) is 0 Å². The Hall–Kier alpha value is -1.43. The fourth-order valence-corrected chi connectivity index (χ4v) is 1.98. The van der Waals surface area contributed by atoms with Crippen LogP contribution in [0, 0.1) is 11.7 Å². The monoisotopic (exact) mass is 300 g/mol. The van der Waals surface area contributed by atoms with E-state index in [0.29, 0.717) is 12.2 Å². The number of hydrogen-bond donors (Lipinski definition) is 1. The van der Waals surface area contributed by atoms with Crippen molar-refractivity contribution in [2.75, 3.05) is 11.4 Å². The van der Waals surface area contributed by atoms with Crippen LogP contribution in [0.2, 0.25) is 0 Å². The van der Waals surface area contributed by atoms with Crippen LogP contribution in [0.5, 0.6) is 0 Å². The van der Waals surface area contributed by atoms with Gasteiger partial charge in [-0.15, -0.1) is 0 Å². The number of hydrogen-bond acceptors (Lipinski definition) is 2. The first-order valence-corrected chi connectivity index (χ1v) is 5.85. The van der Waals surface area contributed by atoms with E-state index in [-0.39, 0.29) is 16.3 Å². The van der Waals surface area contributed by atoms with Crippen LogP contribution in [0.25, 0.3) is 0 Å². The molecular weight excluding hydrogens is 291 g/mol. The SMILES string of the molecule is CC1CN(c2ccc(F)c(Br)c2)C(=O)NC1=O. The second kappa shape index (κ2) is 4.44. The Balaban J connectivity index is 2.30. The third-order valence-corrected chi connectivity index (χ3v) is 3.20. The van der Waals surface area contributed by atoms with E-state index in [1.54, 1.807) is 6.92 Å². The molecule has 4 nitrogen and oxygen atoms in total. The summed E-state index contributed by atoms with van der Waals surface area (Å²) in [5.41, 5.74) is 0.551. The zero-order chi connectivity index (χ0) is 12.6. The van der Waals surface area contributed by atoms with Crippen molar-refractivity contribution in [3.05, 3.63) is 28.5 Å². The number of carbonyl (C=O) groups excluding carboxylic acids is 2. The normalized spacial score (nSPS) is 20.4. The minimum Gasteiger partial charge on any atom is -0.293 e. The van der Waals surface area contributed by atoms with Gasteiger partial charge < -0.3 is 0 Å². The second-order valence-electron chi connectivity index (χ2n) is 3.90. The molecule has 3 amide bonds. The predicted molar refractivity (Wildman–Crippen MR) is 64.1 cm³/mol. The molecule has 90 valence electrons. The number of amides is 3. The fourth-order valence-electron chi connectivity index (χ4n) is 1.61. The van der Waals surface area contributed by atoms with E-state index in [0.717, 1.165) is 0 Å². The first-order valence-electron chi connectivity index (χ1n) is 5.06. The average molecular weight is 301 g/mol. The Labute approximate surface area is 106 Å². The summed E-state index contributed by atoms with van der Waals surface area (Å²) in [7, 11) is 0. The Morgan fingerprint density at radius 1 is 1.47 bits per heavy atom. The number of anilines is 1. The van der Waals surface area contributed by atoms with Gasteiger partial charge in [-0.2, -0.15) is 0 Å².